The van der Waals surface area contributed by atoms with Gasteiger partial charge in [-0.15, -0.1) is 12.4 Å². The molecule has 8 heteroatoms. The van der Waals surface area contributed by atoms with Crippen molar-refractivity contribution in [2.24, 2.45) is 5.73 Å². The number of amides is 1. The molecule has 0 unspecified atom stereocenters. The van der Waals surface area contributed by atoms with Crippen molar-refractivity contribution in [1.29, 1.82) is 0 Å². The van der Waals surface area contributed by atoms with Crippen LogP contribution in [0.2, 0.25) is 0 Å². The van der Waals surface area contributed by atoms with Gasteiger partial charge in [0, 0.05) is 19.2 Å². The Kier molecular flexibility index (Phi) is 9.27. The highest BCUT2D eigenvalue weighted by Crippen LogP contribution is 2.48. The maximum atomic E-state index is 13.3. The zero-order valence-electron chi connectivity index (χ0n) is 18.3. The second-order valence-electron chi connectivity index (χ2n) is 7.16. The van der Waals surface area contributed by atoms with E-state index in [1.54, 1.807) is 6.07 Å². The van der Waals surface area contributed by atoms with Gasteiger partial charge in [0.2, 0.25) is 11.5 Å². The topological polar surface area (TPSA) is 83.3 Å². The van der Waals surface area contributed by atoms with E-state index in [4.69, 9.17) is 24.7 Å². The van der Waals surface area contributed by atoms with E-state index in [0.29, 0.717) is 40.9 Å². The number of halogens is 1. The molecule has 2 N–H and O–H groups in total. The number of nitrogens with two attached hydrogens (primary N) is 1. The van der Waals surface area contributed by atoms with Crippen LogP contribution in [0.4, 0.5) is 0 Å². The fourth-order valence-electron chi connectivity index (χ4n) is 3.70. The Bertz CT molecular complexity index is 867. The molecule has 1 saturated heterocycles. The van der Waals surface area contributed by atoms with Crippen LogP contribution in [0.3, 0.4) is 0 Å². The van der Waals surface area contributed by atoms with Gasteiger partial charge in [-0.3, -0.25) is 4.79 Å². The summed E-state index contributed by atoms with van der Waals surface area (Å²) in [6, 6.07) is 9.34. The first-order valence-electron chi connectivity index (χ1n) is 10.2. The molecule has 0 atom stereocenters. The molecule has 2 aromatic rings. The van der Waals surface area contributed by atoms with Crippen LogP contribution in [0.1, 0.15) is 35.2 Å². The molecule has 0 aromatic heterocycles. The summed E-state index contributed by atoms with van der Waals surface area (Å²) in [5.74, 6) is 1.96. The number of carbonyl (C=O) groups excluding carboxylic acids is 1. The van der Waals surface area contributed by atoms with Crippen LogP contribution in [0.5, 0.6) is 28.7 Å². The van der Waals surface area contributed by atoms with Crippen LogP contribution in [0.15, 0.2) is 30.3 Å². The van der Waals surface area contributed by atoms with Crippen molar-refractivity contribution in [3.63, 3.8) is 0 Å². The van der Waals surface area contributed by atoms with E-state index in [-0.39, 0.29) is 18.3 Å². The largest absolute Gasteiger partial charge is 0.492 e. The van der Waals surface area contributed by atoms with Crippen molar-refractivity contribution in [2.45, 2.75) is 25.7 Å². The van der Waals surface area contributed by atoms with Gasteiger partial charge in [0.15, 0.2) is 11.5 Å². The molecule has 1 amide bonds. The fraction of sp³-hybridized carbons (Fsp3) is 0.435. The predicted molar refractivity (Wildman–Crippen MR) is 122 cm³/mol. The summed E-state index contributed by atoms with van der Waals surface area (Å²) < 4.78 is 22.7. The summed E-state index contributed by atoms with van der Waals surface area (Å²) in [5, 5.41) is 0. The van der Waals surface area contributed by atoms with E-state index in [1.807, 2.05) is 29.2 Å². The first kappa shape index (κ1) is 24.6. The fourth-order valence-corrected chi connectivity index (χ4v) is 3.70. The summed E-state index contributed by atoms with van der Waals surface area (Å²) in [6.07, 6.45) is 3.94. The second kappa shape index (κ2) is 11.7. The quantitative estimate of drug-likeness (QED) is 0.653. The van der Waals surface area contributed by atoms with Crippen molar-refractivity contribution < 1.29 is 23.7 Å². The smallest absolute Gasteiger partial charge is 0.257 e. The number of benzene rings is 2. The molecule has 1 fully saturated rings. The minimum atomic E-state index is -0.101. The predicted octanol–water partition coefficient (Wildman–Crippen LogP) is 4.05. The van der Waals surface area contributed by atoms with Crippen LogP contribution in [0.25, 0.3) is 0 Å². The first-order chi connectivity index (χ1) is 14.6. The molecule has 0 radical (unpaired) electrons. The molecule has 1 aliphatic heterocycles. The normalized spacial score (nSPS) is 13.2. The lowest BCUT2D eigenvalue weighted by Gasteiger charge is -2.28. The van der Waals surface area contributed by atoms with Gasteiger partial charge in [0.05, 0.1) is 26.9 Å². The van der Waals surface area contributed by atoms with E-state index in [0.717, 1.165) is 44.3 Å². The molecule has 0 spiro atoms. The highest BCUT2D eigenvalue weighted by Gasteiger charge is 2.29. The molecule has 31 heavy (non-hydrogen) atoms. The highest BCUT2D eigenvalue weighted by atomic mass is 35.5. The first-order valence-corrected chi connectivity index (χ1v) is 10.2. The lowest BCUT2D eigenvalue weighted by atomic mass is 10.1. The Balaban J connectivity index is 0.00000341. The van der Waals surface area contributed by atoms with Crippen molar-refractivity contribution in [2.75, 3.05) is 41.0 Å². The van der Waals surface area contributed by atoms with Crippen LogP contribution in [-0.2, 0) is 6.42 Å². The highest BCUT2D eigenvalue weighted by molar-refractivity contribution is 5.99. The number of likely N-dealkylation sites (tertiary alicyclic amines) is 1. The van der Waals surface area contributed by atoms with Crippen molar-refractivity contribution in [3.05, 3.63) is 41.5 Å². The van der Waals surface area contributed by atoms with Crippen molar-refractivity contribution in [3.8, 4) is 28.7 Å². The lowest BCUT2D eigenvalue weighted by molar-refractivity contribution is 0.0719. The van der Waals surface area contributed by atoms with Gasteiger partial charge in [0.1, 0.15) is 5.75 Å². The Morgan fingerprint density at radius 2 is 1.55 bits per heavy atom. The summed E-state index contributed by atoms with van der Waals surface area (Å²) >= 11 is 0. The molecular formula is C23H31ClN2O5. The molecule has 0 saturated carbocycles. The number of carbonyl (C=O) groups is 1. The number of hydrogen-bond donors (Lipinski definition) is 1. The summed E-state index contributed by atoms with van der Waals surface area (Å²) in [6.45, 7) is 2.05. The molecule has 3 rings (SSSR count). The zero-order valence-corrected chi connectivity index (χ0v) is 19.1. The van der Waals surface area contributed by atoms with Gasteiger partial charge < -0.3 is 29.6 Å². The van der Waals surface area contributed by atoms with Gasteiger partial charge >= 0.3 is 0 Å². The summed E-state index contributed by atoms with van der Waals surface area (Å²) in [7, 11) is 4.56. The number of piperidine rings is 1. The van der Waals surface area contributed by atoms with Crippen LogP contribution in [0, 0.1) is 0 Å². The Labute approximate surface area is 189 Å². The molecule has 0 aliphatic carbocycles. The third-order valence-electron chi connectivity index (χ3n) is 5.23. The Hall–Kier alpha value is -2.64. The van der Waals surface area contributed by atoms with Gasteiger partial charge in [-0.2, -0.15) is 0 Å². The van der Waals surface area contributed by atoms with E-state index in [2.05, 4.69) is 0 Å². The van der Waals surface area contributed by atoms with E-state index in [9.17, 15) is 4.79 Å². The molecule has 2 aromatic carbocycles. The number of ether oxygens (including phenoxy) is 4. The van der Waals surface area contributed by atoms with Crippen LogP contribution < -0.4 is 24.7 Å². The molecule has 7 nitrogen and oxygen atoms in total. The lowest BCUT2D eigenvalue weighted by Crippen LogP contribution is -2.35. The average Bonchev–Trinajstić information content (AvgIpc) is 2.79. The van der Waals surface area contributed by atoms with Gasteiger partial charge in [-0.05, 0) is 49.9 Å². The maximum absolute atomic E-state index is 13.3. The summed E-state index contributed by atoms with van der Waals surface area (Å²) in [5.41, 5.74) is 7.14. The Morgan fingerprint density at radius 3 is 2.10 bits per heavy atom. The molecular weight excluding hydrogens is 420 g/mol. The number of rotatable bonds is 8. The van der Waals surface area contributed by atoms with Gasteiger partial charge in [-0.1, -0.05) is 12.1 Å². The second-order valence-corrected chi connectivity index (χ2v) is 7.16. The number of methoxy groups -OCH3 is 3. The van der Waals surface area contributed by atoms with E-state index in [1.165, 1.54) is 21.3 Å². The van der Waals surface area contributed by atoms with Gasteiger partial charge in [-0.25, -0.2) is 0 Å². The molecule has 0 bridgehead atoms. The van der Waals surface area contributed by atoms with Crippen molar-refractivity contribution >= 4 is 18.3 Å². The Morgan fingerprint density at radius 1 is 0.935 bits per heavy atom. The zero-order chi connectivity index (χ0) is 21.5. The van der Waals surface area contributed by atoms with E-state index < -0.39 is 0 Å². The molecule has 170 valence electrons. The molecule has 1 aliphatic rings. The third-order valence-corrected chi connectivity index (χ3v) is 5.23. The monoisotopic (exact) mass is 450 g/mol. The van der Waals surface area contributed by atoms with Crippen LogP contribution >= 0.6 is 12.4 Å². The standard InChI is InChI=1S/C23H30N2O5.ClH/c1-27-20-18(23(26)25-13-5-4-6-14-25)15-19(21(28-2)22(20)29-3)30-17-9-7-16(8-10-17)11-12-24;/h7-10,15H,4-6,11-14,24H2,1-3H3;1H. The van der Waals surface area contributed by atoms with Crippen LogP contribution in [-0.4, -0.2) is 51.8 Å². The van der Waals surface area contributed by atoms with Gasteiger partial charge in [0.25, 0.3) is 5.91 Å². The number of nitrogens with zero attached hydrogens (tertiary/aromatic N) is 1. The van der Waals surface area contributed by atoms with Crippen molar-refractivity contribution in [1.82, 2.24) is 4.90 Å². The van der Waals surface area contributed by atoms with E-state index >= 15 is 0 Å². The molecule has 1 heterocycles. The summed E-state index contributed by atoms with van der Waals surface area (Å²) in [4.78, 5) is 15.1. The minimum Gasteiger partial charge on any atom is -0.492 e. The SMILES string of the molecule is COc1c(Oc2ccc(CCN)cc2)cc(C(=O)N2CCCCC2)c(OC)c1OC.Cl. The minimum absolute atomic E-state index is 0. The number of hydrogen-bond acceptors (Lipinski definition) is 6. The maximum Gasteiger partial charge on any atom is 0.257 e. The average molecular weight is 451 g/mol. The third kappa shape index (κ3) is 5.54.